The summed E-state index contributed by atoms with van der Waals surface area (Å²) in [5.41, 5.74) is 0.687. The Morgan fingerprint density at radius 1 is 1.21 bits per heavy atom. The summed E-state index contributed by atoms with van der Waals surface area (Å²) < 4.78 is 46.2. The van der Waals surface area contributed by atoms with Gasteiger partial charge in [-0.2, -0.15) is 0 Å². The number of amides is 1. The number of halogens is 1. The van der Waals surface area contributed by atoms with E-state index in [-0.39, 0.29) is 23.8 Å². The fraction of sp³-hybridized carbons (Fsp3) is 0.188. The molecule has 0 aliphatic rings. The van der Waals surface area contributed by atoms with Gasteiger partial charge in [0.1, 0.15) is 16.5 Å². The average Bonchev–Trinajstić information content (AvgIpc) is 2.56. The molecular weight excluding hydrogens is 335 g/mol. The van der Waals surface area contributed by atoms with E-state index in [1.807, 2.05) is 0 Å². The second-order valence-corrected chi connectivity index (χ2v) is 6.56. The number of benzene rings is 2. The predicted octanol–water partition coefficient (Wildman–Crippen LogP) is 1.92. The summed E-state index contributed by atoms with van der Waals surface area (Å²) in [4.78, 5) is 11.0. The summed E-state index contributed by atoms with van der Waals surface area (Å²) in [6.07, 6.45) is -0.00418. The van der Waals surface area contributed by atoms with Crippen LogP contribution in [0.5, 0.6) is 5.75 Å². The highest BCUT2D eigenvalue weighted by Gasteiger charge is 2.21. The van der Waals surface area contributed by atoms with Crippen LogP contribution in [-0.4, -0.2) is 28.5 Å². The number of carbonyl (C=O) groups excluding carboxylic acids is 1. The molecule has 0 aliphatic heterocycles. The summed E-state index contributed by atoms with van der Waals surface area (Å²) in [5.74, 6) is -0.947. The van der Waals surface area contributed by atoms with Crippen LogP contribution in [0.1, 0.15) is 5.56 Å². The van der Waals surface area contributed by atoms with Gasteiger partial charge in [0.2, 0.25) is 5.91 Å². The Hall–Kier alpha value is -2.61. The summed E-state index contributed by atoms with van der Waals surface area (Å²) in [5, 5.41) is 2.47. The van der Waals surface area contributed by atoms with Gasteiger partial charge in [0.05, 0.1) is 19.2 Å². The lowest BCUT2D eigenvalue weighted by Gasteiger charge is -2.13. The molecule has 0 fully saturated rings. The standard InChI is InChI=1S/C16H17FN2O4S/c1-18-16(20)9-11-5-3-4-6-14(11)19-24(21,22)15-10-12(23-2)7-8-13(15)17/h3-8,10,19H,9H2,1-2H3,(H,18,20). The Balaban J connectivity index is 2.38. The number of nitrogens with one attached hydrogen (secondary N) is 2. The summed E-state index contributed by atoms with van der Waals surface area (Å²) in [6, 6.07) is 9.87. The number of methoxy groups -OCH3 is 1. The van der Waals surface area contributed by atoms with E-state index in [0.717, 1.165) is 12.1 Å². The van der Waals surface area contributed by atoms with Crippen molar-refractivity contribution in [2.24, 2.45) is 0 Å². The SMILES string of the molecule is CNC(=O)Cc1ccccc1NS(=O)(=O)c1cc(OC)ccc1F. The Kier molecular flexibility index (Phi) is 5.40. The van der Waals surface area contributed by atoms with E-state index in [2.05, 4.69) is 10.0 Å². The second-order valence-electron chi connectivity index (χ2n) is 4.91. The van der Waals surface area contributed by atoms with E-state index in [9.17, 15) is 17.6 Å². The molecule has 6 nitrogen and oxygen atoms in total. The van der Waals surface area contributed by atoms with E-state index in [4.69, 9.17) is 4.74 Å². The molecule has 2 aromatic carbocycles. The first kappa shape index (κ1) is 17.7. The van der Waals surface area contributed by atoms with Crippen LogP contribution < -0.4 is 14.8 Å². The average molecular weight is 352 g/mol. The third kappa shape index (κ3) is 4.02. The topological polar surface area (TPSA) is 84.5 Å². The van der Waals surface area contributed by atoms with Gasteiger partial charge in [-0.3, -0.25) is 9.52 Å². The predicted molar refractivity (Wildman–Crippen MR) is 88.0 cm³/mol. The lowest BCUT2D eigenvalue weighted by molar-refractivity contribution is -0.119. The number of anilines is 1. The molecule has 2 N–H and O–H groups in total. The third-order valence-electron chi connectivity index (χ3n) is 3.32. The van der Waals surface area contributed by atoms with Crippen molar-refractivity contribution in [1.29, 1.82) is 0 Å². The molecule has 2 aromatic rings. The van der Waals surface area contributed by atoms with Crippen molar-refractivity contribution < 1.29 is 22.3 Å². The fourth-order valence-corrected chi connectivity index (χ4v) is 3.25. The third-order valence-corrected chi connectivity index (χ3v) is 4.70. The zero-order valence-electron chi connectivity index (χ0n) is 13.2. The summed E-state index contributed by atoms with van der Waals surface area (Å²) in [7, 11) is -1.33. The van der Waals surface area contributed by atoms with E-state index in [1.54, 1.807) is 18.2 Å². The highest BCUT2D eigenvalue weighted by molar-refractivity contribution is 7.92. The molecule has 0 bridgehead atoms. The zero-order valence-corrected chi connectivity index (χ0v) is 14.0. The molecule has 24 heavy (non-hydrogen) atoms. The van der Waals surface area contributed by atoms with Gasteiger partial charge in [-0.25, -0.2) is 12.8 Å². The summed E-state index contributed by atoms with van der Waals surface area (Å²) >= 11 is 0. The van der Waals surface area contributed by atoms with Crippen LogP contribution in [0, 0.1) is 5.82 Å². The normalized spacial score (nSPS) is 11.0. The molecule has 0 saturated heterocycles. The van der Waals surface area contributed by atoms with E-state index < -0.39 is 20.7 Å². The van der Waals surface area contributed by atoms with E-state index >= 15 is 0 Å². The first-order valence-corrected chi connectivity index (χ1v) is 8.50. The molecule has 0 radical (unpaired) electrons. The molecular formula is C16H17FN2O4S. The van der Waals surface area contributed by atoms with Gasteiger partial charge in [-0.1, -0.05) is 18.2 Å². The van der Waals surface area contributed by atoms with Gasteiger partial charge in [0.15, 0.2) is 0 Å². The van der Waals surface area contributed by atoms with Gasteiger partial charge in [-0.15, -0.1) is 0 Å². The lowest BCUT2D eigenvalue weighted by atomic mass is 10.1. The van der Waals surface area contributed by atoms with Crippen molar-refractivity contribution >= 4 is 21.6 Å². The number of hydrogen-bond donors (Lipinski definition) is 2. The van der Waals surface area contributed by atoms with Gasteiger partial charge < -0.3 is 10.1 Å². The van der Waals surface area contributed by atoms with Crippen LogP contribution in [0.25, 0.3) is 0 Å². The largest absolute Gasteiger partial charge is 0.497 e. The monoisotopic (exact) mass is 352 g/mol. The Morgan fingerprint density at radius 2 is 1.92 bits per heavy atom. The molecule has 8 heteroatoms. The highest BCUT2D eigenvalue weighted by Crippen LogP contribution is 2.25. The van der Waals surface area contributed by atoms with E-state index in [1.165, 1.54) is 26.3 Å². The molecule has 0 spiro atoms. The molecule has 0 unspecified atom stereocenters. The summed E-state index contributed by atoms with van der Waals surface area (Å²) in [6.45, 7) is 0. The maximum atomic E-state index is 13.9. The number of para-hydroxylation sites is 1. The van der Waals surface area contributed by atoms with Gasteiger partial charge >= 0.3 is 0 Å². The van der Waals surface area contributed by atoms with Crippen molar-refractivity contribution in [3.05, 3.63) is 53.8 Å². The van der Waals surface area contributed by atoms with Crippen molar-refractivity contribution in [3.63, 3.8) is 0 Å². The molecule has 0 aliphatic carbocycles. The van der Waals surface area contributed by atoms with Crippen molar-refractivity contribution in [3.8, 4) is 5.75 Å². The maximum absolute atomic E-state index is 13.9. The van der Waals surface area contributed by atoms with Crippen LogP contribution in [-0.2, 0) is 21.2 Å². The number of rotatable bonds is 6. The van der Waals surface area contributed by atoms with Crippen LogP contribution in [0.15, 0.2) is 47.4 Å². The molecule has 0 atom stereocenters. The Bertz CT molecular complexity index is 853. The van der Waals surface area contributed by atoms with Crippen LogP contribution in [0.2, 0.25) is 0 Å². The quantitative estimate of drug-likeness (QED) is 0.832. The molecule has 1 amide bonds. The van der Waals surface area contributed by atoms with Crippen LogP contribution in [0.4, 0.5) is 10.1 Å². The number of carbonyl (C=O) groups is 1. The number of likely N-dealkylation sites (N-methyl/N-ethyl adjacent to an activating group) is 1. The van der Waals surface area contributed by atoms with Crippen LogP contribution >= 0.6 is 0 Å². The van der Waals surface area contributed by atoms with E-state index in [0.29, 0.717) is 5.56 Å². The van der Waals surface area contributed by atoms with Crippen LogP contribution in [0.3, 0.4) is 0 Å². The van der Waals surface area contributed by atoms with Crippen molar-refractivity contribution in [2.75, 3.05) is 18.9 Å². The first-order valence-electron chi connectivity index (χ1n) is 7.02. The molecule has 2 rings (SSSR count). The molecule has 0 heterocycles. The highest BCUT2D eigenvalue weighted by atomic mass is 32.2. The Labute approximate surface area is 139 Å². The number of ether oxygens (including phenoxy) is 1. The minimum Gasteiger partial charge on any atom is -0.497 e. The van der Waals surface area contributed by atoms with Gasteiger partial charge in [0, 0.05) is 13.1 Å². The second kappa shape index (κ2) is 7.31. The molecule has 128 valence electrons. The van der Waals surface area contributed by atoms with Crippen molar-refractivity contribution in [1.82, 2.24) is 5.32 Å². The maximum Gasteiger partial charge on any atom is 0.264 e. The lowest BCUT2D eigenvalue weighted by Crippen LogP contribution is -2.21. The zero-order chi connectivity index (χ0) is 17.7. The minimum atomic E-state index is -4.18. The number of hydrogen-bond acceptors (Lipinski definition) is 4. The first-order chi connectivity index (χ1) is 11.4. The fourth-order valence-electron chi connectivity index (χ4n) is 2.05. The molecule has 0 saturated carbocycles. The van der Waals surface area contributed by atoms with Gasteiger partial charge in [0.25, 0.3) is 10.0 Å². The molecule has 0 aromatic heterocycles. The minimum absolute atomic E-state index is 0.00418. The van der Waals surface area contributed by atoms with Crippen molar-refractivity contribution in [2.45, 2.75) is 11.3 Å². The van der Waals surface area contributed by atoms with Gasteiger partial charge in [-0.05, 0) is 23.8 Å². The smallest absolute Gasteiger partial charge is 0.264 e. The Morgan fingerprint density at radius 3 is 2.58 bits per heavy atom. The number of sulfonamides is 1.